The SMILES string of the molecule is CCCc1csc(CN2CC(CN)CC2C)n1. The molecule has 0 aliphatic carbocycles. The molecule has 2 unspecified atom stereocenters. The van der Waals surface area contributed by atoms with E-state index in [4.69, 9.17) is 10.7 Å². The van der Waals surface area contributed by atoms with Gasteiger partial charge in [0.25, 0.3) is 0 Å². The van der Waals surface area contributed by atoms with Gasteiger partial charge in [0.05, 0.1) is 12.2 Å². The lowest BCUT2D eigenvalue weighted by atomic mass is 10.1. The summed E-state index contributed by atoms with van der Waals surface area (Å²) in [7, 11) is 0. The monoisotopic (exact) mass is 253 g/mol. The van der Waals surface area contributed by atoms with Gasteiger partial charge in [-0.05, 0) is 32.2 Å². The third kappa shape index (κ3) is 3.27. The summed E-state index contributed by atoms with van der Waals surface area (Å²) < 4.78 is 0. The van der Waals surface area contributed by atoms with Gasteiger partial charge in [-0.3, -0.25) is 4.90 Å². The van der Waals surface area contributed by atoms with Crippen LogP contribution in [-0.4, -0.2) is 29.0 Å². The number of rotatable bonds is 5. The van der Waals surface area contributed by atoms with Crippen molar-refractivity contribution in [2.24, 2.45) is 11.7 Å². The number of hydrogen-bond acceptors (Lipinski definition) is 4. The maximum absolute atomic E-state index is 5.76. The molecule has 1 fully saturated rings. The predicted octanol–water partition coefficient (Wildman–Crippen LogP) is 2.26. The van der Waals surface area contributed by atoms with Crippen molar-refractivity contribution in [1.82, 2.24) is 9.88 Å². The van der Waals surface area contributed by atoms with Gasteiger partial charge < -0.3 is 5.73 Å². The van der Waals surface area contributed by atoms with Gasteiger partial charge in [-0.1, -0.05) is 13.3 Å². The number of likely N-dealkylation sites (tertiary alicyclic amines) is 1. The van der Waals surface area contributed by atoms with Crippen LogP contribution in [0.15, 0.2) is 5.38 Å². The van der Waals surface area contributed by atoms with Crippen LogP contribution in [0.5, 0.6) is 0 Å². The summed E-state index contributed by atoms with van der Waals surface area (Å²) in [6, 6.07) is 0.655. The van der Waals surface area contributed by atoms with Crippen molar-refractivity contribution in [1.29, 1.82) is 0 Å². The Hall–Kier alpha value is -0.450. The van der Waals surface area contributed by atoms with E-state index in [2.05, 4.69) is 24.1 Å². The van der Waals surface area contributed by atoms with Crippen molar-refractivity contribution >= 4 is 11.3 Å². The molecule has 0 aromatic carbocycles. The van der Waals surface area contributed by atoms with E-state index in [9.17, 15) is 0 Å². The molecule has 1 saturated heterocycles. The summed E-state index contributed by atoms with van der Waals surface area (Å²) >= 11 is 1.80. The largest absolute Gasteiger partial charge is 0.330 e. The highest BCUT2D eigenvalue weighted by Crippen LogP contribution is 2.25. The highest BCUT2D eigenvalue weighted by molar-refractivity contribution is 7.09. The average Bonchev–Trinajstić information content (AvgIpc) is 2.88. The molecule has 1 aliphatic rings. The zero-order valence-electron chi connectivity index (χ0n) is 10.9. The summed E-state index contributed by atoms with van der Waals surface area (Å²) in [5, 5.41) is 3.47. The lowest BCUT2D eigenvalue weighted by Crippen LogP contribution is -2.27. The Morgan fingerprint density at radius 2 is 2.41 bits per heavy atom. The second-order valence-corrected chi connectivity index (χ2v) is 6.04. The Morgan fingerprint density at radius 1 is 1.59 bits per heavy atom. The lowest BCUT2D eigenvalue weighted by Gasteiger charge is -2.19. The first-order chi connectivity index (χ1) is 8.22. The van der Waals surface area contributed by atoms with Crippen LogP contribution in [0.2, 0.25) is 0 Å². The van der Waals surface area contributed by atoms with Crippen LogP contribution in [0.3, 0.4) is 0 Å². The van der Waals surface area contributed by atoms with E-state index < -0.39 is 0 Å². The summed E-state index contributed by atoms with van der Waals surface area (Å²) in [5.74, 6) is 0.681. The molecule has 3 nitrogen and oxygen atoms in total. The van der Waals surface area contributed by atoms with Gasteiger partial charge in [0, 0.05) is 18.0 Å². The third-order valence-electron chi connectivity index (χ3n) is 3.57. The maximum atomic E-state index is 5.76. The fourth-order valence-corrected chi connectivity index (χ4v) is 3.43. The van der Waals surface area contributed by atoms with Gasteiger partial charge in [0.2, 0.25) is 0 Å². The summed E-state index contributed by atoms with van der Waals surface area (Å²) in [5.41, 5.74) is 7.01. The van der Waals surface area contributed by atoms with Crippen molar-refractivity contribution in [2.45, 2.75) is 45.7 Å². The van der Waals surface area contributed by atoms with Gasteiger partial charge >= 0.3 is 0 Å². The van der Waals surface area contributed by atoms with E-state index in [0.29, 0.717) is 12.0 Å². The number of aromatic nitrogens is 1. The van der Waals surface area contributed by atoms with Crippen molar-refractivity contribution in [3.8, 4) is 0 Å². The number of hydrogen-bond donors (Lipinski definition) is 1. The van der Waals surface area contributed by atoms with Crippen LogP contribution in [0, 0.1) is 5.92 Å². The van der Waals surface area contributed by atoms with Crippen molar-refractivity contribution < 1.29 is 0 Å². The van der Waals surface area contributed by atoms with E-state index in [1.165, 1.54) is 23.5 Å². The van der Waals surface area contributed by atoms with Crippen LogP contribution < -0.4 is 5.73 Å². The molecule has 0 amide bonds. The van der Waals surface area contributed by atoms with E-state index in [1.54, 1.807) is 11.3 Å². The topological polar surface area (TPSA) is 42.1 Å². The molecule has 2 N–H and O–H groups in total. The fourth-order valence-electron chi connectivity index (χ4n) is 2.57. The Labute approximate surface area is 108 Å². The van der Waals surface area contributed by atoms with E-state index in [1.807, 2.05) is 0 Å². The van der Waals surface area contributed by atoms with Gasteiger partial charge in [-0.25, -0.2) is 4.98 Å². The van der Waals surface area contributed by atoms with Crippen molar-refractivity contribution in [2.75, 3.05) is 13.1 Å². The minimum absolute atomic E-state index is 0.655. The molecular formula is C13H23N3S. The Bertz CT molecular complexity index is 350. The highest BCUT2D eigenvalue weighted by Gasteiger charge is 2.28. The molecule has 4 heteroatoms. The van der Waals surface area contributed by atoms with Crippen LogP contribution in [0.1, 0.15) is 37.4 Å². The van der Waals surface area contributed by atoms with Gasteiger partial charge in [0.1, 0.15) is 5.01 Å². The molecule has 1 aromatic heterocycles. The van der Waals surface area contributed by atoms with Crippen molar-refractivity contribution in [3.63, 3.8) is 0 Å². The fraction of sp³-hybridized carbons (Fsp3) is 0.769. The van der Waals surface area contributed by atoms with Gasteiger partial charge in [-0.2, -0.15) is 0 Å². The first-order valence-corrected chi connectivity index (χ1v) is 7.48. The molecule has 96 valence electrons. The molecule has 2 atom stereocenters. The zero-order valence-corrected chi connectivity index (χ0v) is 11.7. The number of aryl methyl sites for hydroxylation is 1. The normalized spacial score (nSPS) is 25.6. The quantitative estimate of drug-likeness (QED) is 0.875. The molecule has 2 heterocycles. The van der Waals surface area contributed by atoms with Gasteiger partial charge in [-0.15, -0.1) is 11.3 Å². The number of thiazole rings is 1. The molecule has 2 rings (SSSR count). The smallest absolute Gasteiger partial charge is 0.107 e. The first kappa shape index (κ1) is 13.0. The molecule has 0 spiro atoms. The summed E-state index contributed by atoms with van der Waals surface area (Å²) in [4.78, 5) is 7.21. The molecular weight excluding hydrogens is 230 g/mol. The third-order valence-corrected chi connectivity index (χ3v) is 4.45. The molecule has 0 radical (unpaired) electrons. The van der Waals surface area contributed by atoms with Crippen LogP contribution in [-0.2, 0) is 13.0 Å². The second kappa shape index (κ2) is 5.94. The van der Waals surface area contributed by atoms with Crippen LogP contribution in [0.4, 0.5) is 0 Å². The standard InChI is InChI=1S/C13H23N3S/c1-3-4-12-9-17-13(15-12)8-16-7-11(6-14)5-10(16)2/h9-11H,3-8,14H2,1-2H3. The van der Waals surface area contributed by atoms with Crippen LogP contribution >= 0.6 is 11.3 Å². The predicted molar refractivity (Wildman–Crippen MR) is 73.1 cm³/mol. The minimum atomic E-state index is 0.655. The summed E-state index contributed by atoms with van der Waals surface area (Å²) in [6.45, 7) is 7.47. The molecule has 0 bridgehead atoms. The maximum Gasteiger partial charge on any atom is 0.107 e. The Morgan fingerprint density at radius 3 is 3.06 bits per heavy atom. The Balaban J connectivity index is 1.91. The summed E-state index contributed by atoms with van der Waals surface area (Å²) in [6.07, 6.45) is 3.53. The van der Waals surface area contributed by atoms with Crippen molar-refractivity contribution in [3.05, 3.63) is 16.1 Å². The lowest BCUT2D eigenvalue weighted by molar-refractivity contribution is 0.255. The minimum Gasteiger partial charge on any atom is -0.330 e. The molecule has 17 heavy (non-hydrogen) atoms. The van der Waals surface area contributed by atoms with Crippen LogP contribution in [0.25, 0.3) is 0 Å². The molecule has 1 aliphatic heterocycles. The number of nitrogens with zero attached hydrogens (tertiary/aromatic N) is 2. The molecule has 1 aromatic rings. The van der Waals surface area contributed by atoms with Gasteiger partial charge in [0.15, 0.2) is 0 Å². The van der Waals surface area contributed by atoms with E-state index >= 15 is 0 Å². The Kier molecular flexibility index (Phi) is 4.54. The zero-order chi connectivity index (χ0) is 12.3. The highest BCUT2D eigenvalue weighted by atomic mass is 32.1. The molecule has 0 saturated carbocycles. The first-order valence-electron chi connectivity index (χ1n) is 6.60. The van der Waals surface area contributed by atoms with E-state index in [-0.39, 0.29) is 0 Å². The van der Waals surface area contributed by atoms with E-state index in [0.717, 1.165) is 26.1 Å². The average molecular weight is 253 g/mol. The second-order valence-electron chi connectivity index (χ2n) is 5.10. The number of nitrogens with two attached hydrogens (primary N) is 1.